The predicted octanol–water partition coefficient (Wildman–Crippen LogP) is 0.872. The highest BCUT2D eigenvalue weighted by molar-refractivity contribution is 5.94. The van der Waals surface area contributed by atoms with Gasteiger partial charge in [0, 0.05) is 12.5 Å². The molecule has 0 aliphatic heterocycles. The molecule has 5 heteroatoms. The van der Waals surface area contributed by atoms with E-state index >= 15 is 0 Å². The van der Waals surface area contributed by atoms with Gasteiger partial charge >= 0.3 is 5.97 Å². The van der Waals surface area contributed by atoms with Crippen LogP contribution in [0.2, 0.25) is 0 Å². The van der Waals surface area contributed by atoms with Gasteiger partial charge in [-0.05, 0) is 12.1 Å². The number of amides is 1. The monoisotopic (exact) mass is 232 g/mol. The molecule has 0 heterocycles. The Kier molecular flexibility index (Phi) is 4.70. The van der Waals surface area contributed by atoms with Gasteiger partial charge in [-0.1, -0.05) is 18.2 Å². The van der Waals surface area contributed by atoms with Crippen molar-refractivity contribution in [2.24, 2.45) is 0 Å². The van der Waals surface area contributed by atoms with Crippen LogP contribution in [0.15, 0.2) is 30.3 Å². The number of nitrogens with one attached hydrogen (secondary N) is 1. The van der Waals surface area contributed by atoms with Gasteiger partial charge in [0.15, 0.2) is 6.04 Å². The molecule has 1 amide bonds. The molecular formula is C12H12N2O3. The van der Waals surface area contributed by atoms with E-state index in [-0.39, 0.29) is 12.5 Å². The molecule has 0 aromatic heterocycles. The van der Waals surface area contributed by atoms with E-state index in [1.807, 2.05) is 6.07 Å². The van der Waals surface area contributed by atoms with Crippen molar-refractivity contribution in [1.82, 2.24) is 5.32 Å². The van der Waals surface area contributed by atoms with E-state index < -0.39 is 12.0 Å². The first-order valence-corrected chi connectivity index (χ1v) is 5.02. The highest BCUT2D eigenvalue weighted by Crippen LogP contribution is 1.99. The molecule has 0 fully saturated rings. The standard InChI is InChI=1S/C12H12N2O3/c1-9(15)17-8-11(7-13)14-12(16)10-5-3-2-4-6-10/h2-6,11H,8H2,1H3,(H,14,16). The first-order valence-electron chi connectivity index (χ1n) is 5.02. The predicted molar refractivity (Wildman–Crippen MR) is 59.9 cm³/mol. The van der Waals surface area contributed by atoms with E-state index in [2.05, 4.69) is 10.1 Å². The zero-order valence-corrected chi connectivity index (χ0v) is 9.34. The number of hydrogen-bond donors (Lipinski definition) is 1. The lowest BCUT2D eigenvalue weighted by Crippen LogP contribution is -2.37. The lowest BCUT2D eigenvalue weighted by molar-refractivity contribution is -0.141. The van der Waals surface area contributed by atoms with Gasteiger partial charge in [-0.15, -0.1) is 0 Å². The lowest BCUT2D eigenvalue weighted by Gasteiger charge is -2.11. The third-order valence-corrected chi connectivity index (χ3v) is 1.95. The Bertz CT molecular complexity index is 437. The van der Waals surface area contributed by atoms with Gasteiger partial charge in [-0.25, -0.2) is 0 Å². The molecular weight excluding hydrogens is 220 g/mol. The summed E-state index contributed by atoms with van der Waals surface area (Å²) >= 11 is 0. The quantitative estimate of drug-likeness (QED) is 0.781. The van der Waals surface area contributed by atoms with Crippen LogP contribution >= 0.6 is 0 Å². The number of nitriles is 1. The van der Waals surface area contributed by atoms with Crippen molar-refractivity contribution in [3.05, 3.63) is 35.9 Å². The minimum atomic E-state index is -0.841. The number of rotatable bonds is 4. The van der Waals surface area contributed by atoms with E-state index in [1.54, 1.807) is 30.3 Å². The molecule has 1 rings (SSSR count). The molecule has 1 unspecified atom stereocenters. The molecule has 0 radical (unpaired) electrons. The Morgan fingerprint density at radius 3 is 2.59 bits per heavy atom. The van der Waals surface area contributed by atoms with Crippen LogP contribution in [0.1, 0.15) is 17.3 Å². The summed E-state index contributed by atoms with van der Waals surface area (Å²) in [6.45, 7) is 1.10. The SMILES string of the molecule is CC(=O)OCC(C#N)NC(=O)c1ccccc1. The Labute approximate surface area is 99.0 Å². The Morgan fingerprint density at radius 2 is 2.06 bits per heavy atom. The molecule has 0 saturated heterocycles. The summed E-state index contributed by atoms with van der Waals surface area (Å²) in [4.78, 5) is 22.2. The van der Waals surface area contributed by atoms with Crippen molar-refractivity contribution < 1.29 is 14.3 Å². The van der Waals surface area contributed by atoms with Crippen LogP contribution in [0.4, 0.5) is 0 Å². The normalized spacial score (nSPS) is 11.1. The maximum atomic E-state index is 11.7. The van der Waals surface area contributed by atoms with Gasteiger partial charge in [0.05, 0.1) is 6.07 Å². The van der Waals surface area contributed by atoms with Gasteiger partial charge in [0.25, 0.3) is 5.91 Å². The maximum absolute atomic E-state index is 11.7. The van der Waals surface area contributed by atoms with E-state index in [1.165, 1.54) is 6.92 Å². The molecule has 88 valence electrons. The van der Waals surface area contributed by atoms with Crippen LogP contribution in [0.5, 0.6) is 0 Å². The molecule has 0 bridgehead atoms. The van der Waals surface area contributed by atoms with Crippen molar-refractivity contribution in [3.8, 4) is 6.07 Å². The number of ether oxygens (including phenoxy) is 1. The number of nitrogens with zero attached hydrogens (tertiary/aromatic N) is 1. The molecule has 1 aromatic rings. The van der Waals surface area contributed by atoms with Crippen LogP contribution in [0.25, 0.3) is 0 Å². The van der Waals surface area contributed by atoms with Gasteiger partial charge in [0.2, 0.25) is 0 Å². The summed E-state index contributed by atoms with van der Waals surface area (Å²) in [5.41, 5.74) is 0.454. The summed E-state index contributed by atoms with van der Waals surface area (Å²) in [7, 11) is 0. The molecule has 0 spiro atoms. The van der Waals surface area contributed by atoms with Crippen LogP contribution < -0.4 is 5.32 Å². The molecule has 1 N–H and O–H groups in total. The Morgan fingerprint density at radius 1 is 1.41 bits per heavy atom. The minimum absolute atomic E-state index is 0.148. The van der Waals surface area contributed by atoms with Gasteiger partial charge in [-0.2, -0.15) is 5.26 Å². The van der Waals surface area contributed by atoms with E-state index in [0.717, 1.165) is 0 Å². The summed E-state index contributed by atoms with van der Waals surface area (Å²) in [6, 6.07) is 9.52. The van der Waals surface area contributed by atoms with Gasteiger partial charge < -0.3 is 10.1 Å². The smallest absolute Gasteiger partial charge is 0.302 e. The third kappa shape index (κ3) is 4.34. The molecule has 17 heavy (non-hydrogen) atoms. The van der Waals surface area contributed by atoms with Gasteiger partial charge in [-0.3, -0.25) is 9.59 Å². The highest BCUT2D eigenvalue weighted by Gasteiger charge is 2.13. The number of carbonyl (C=O) groups is 2. The lowest BCUT2D eigenvalue weighted by atomic mass is 10.2. The fraction of sp³-hybridized carbons (Fsp3) is 0.250. The molecule has 1 atom stereocenters. The first kappa shape index (κ1) is 12.7. The summed E-state index contributed by atoms with van der Waals surface area (Å²) in [6.07, 6.45) is 0. The van der Waals surface area contributed by atoms with Gasteiger partial charge in [0.1, 0.15) is 6.61 Å². The number of hydrogen-bond acceptors (Lipinski definition) is 4. The van der Waals surface area contributed by atoms with Crippen LogP contribution in [-0.2, 0) is 9.53 Å². The maximum Gasteiger partial charge on any atom is 0.302 e. The summed E-state index contributed by atoms with van der Waals surface area (Å²) in [5.74, 6) is -0.858. The molecule has 0 saturated carbocycles. The fourth-order valence-electron chi connectivity index (χ4n) is 1.14. The average molecular weight is 232 g/mol. The van der Waals surface area contributed by atoms with Crippen LogP contribution in [-0.4, -0.2) is 24.5 Å². The summed E-state index contributed by atoms with van der Waals surface area (Å²) in [5, 5.41) is 11.2. The van der Waals surface area contributed by atoms with E-state index in [4.69, 9.17) is 5.26 Å². The van der Waals surface area contributed by atoms with Crippen LogP contribution in [0.3, 0.4) is 0 Å². The fourth-order valence-corrected chi connectivity index (χ4v) is 1.14. The van der Waals surface area contributed by atoms with Crippen molar-refractivity contribution >= 4 is 11.9 Å². The highest BCUT2D eigenvalue weighted by atomic mass is 16.5. The average Bonchev–Trinajstić information content (AvgIpc) is 2.35. The van der Waals surface area contributed by atoms with E-state index in [9.17, 15) is 9.59 Å². The Balaban J connectivity index is 2.55. The minimum Gasteiger partial charge on any atom is -0.463 e. The number of benzene rings is 1. The largest absolute Gasteiger partial charge is 0.463 e. The number of carbonyl (C=O) groups excluding carboxylic acids is 2. The molecule has 1 aromatic carbocycles. The van der Waals surface area contributed by atoms with Crippen molar-refractivity contribution in [2.45, 2.75) is 13.0 Å². The Hall–Kier alpha value is -2.35. The number of esters is 1. The molecule has 0 aliphatic rings. The molecule has 5 nitrogen and oxygen atoms in total. The second-order valence-electron chi connectivity index (χ2n) is 3.32. The third-order valence-electron chi connectivity index (χ3n) is 1.95. The van der Waals surface area contributed by atoms with Crippen molar-refractivity contribution in [1.29, 1.82) is 5.26 Å². The first-order chi connectivity index (χ1) is 8.13. The van der Waals surface area contributed by atoms with Crippen molar-refractivity contribution in [2.75, 3.05) is 6.61 Å². The van der Waals surface area contributed by atoms with E-state index in [0.29, 0.717) is 5.56 Å². The zero-order chi connectivity index (χ0) is 12.7. The zero-order valence-electron chi connectivity index (χ0n) is 9.34. The van der Waals surface area contributed by atoms with Crippen LogP contribution in [0, 0.1) is 11.3 Å². The van der Waals surface area contributed by atoms with Crippen molar-refractivity contribution in [3.63, 3.8) is 0 Å². The topological polar surface area (TPSA) is 79.2 Å². The second kappa shape index (κ2) is 6.28. The molecule has 0 aliphatic carbocycles. The summed E-state index contributed by atoms with van der Waals surface area (Å²) < 4.78 is 4.66. The second-order valence-corrected chi connectivity index (χ2v) is 3.32.